The number of aliphatic hydroxyl groups is 1. The summed E-state index contributed by atoms with van der Waals surface area (Å²) in [5.41, 5.74) is -0.148. The smallest absolute Gasteiger partial charge is 0.143 e. The standard InChI is InChI=1S/C9H14BrN3O/c1-9(2,5-14)4-12-8-7(10)3-11-6-13-8/h3,6,14H,4-5H2,1-2H3,(H,11,12,13). The van der Waals surface area contributed by atoms with E-state index in [4.69, 9.17) is 5.11 Å². The molecular formula is C9H14BrN3O. The van der Waals surface area contributed by atoms with E-state index in [1.165, 1.54) is 6.33 Å². The highest BCUT2D eigenvalue weighted by Gasteiger charge is 2.16. The van der Waals surface area contributed by atoms with Crippen LogP contribution in [0.25, 0.3) is 0 Å². The van der Waals surface area contributed by atoms with Crippen molar-refractivity contribution in [2.75, 3.05) is 18.5 Å². The van der Waals surface area contributed by atoms with Gasteiger partial charge in [-0.15, -0.1) is 0 Å². The van der Waals surface area contributed by atoms with Crippen molar-refractivity contribution in [1.82, 2.24) is 9.97 Å². The molecule has 0 amide bonds. The van der Waals surface area contributed by atoms with Gasteiger partial charge in [-0.05, 0) is 15.9 Å². The molecule has 0 aliphatic carbocycles. The minimum atomic E-state index is -0.148. The first-order valence-electron chi connectivity index (χ1n) is 4.35. The lowest BCUT2D eigenvalue weighted by molar-refractivity contribution is 0.170. The molecule has 0 spiro atoms. The van der Waals surface area contributed by atoms with Gasteiger partial charge >= 0.3 is 0 Å². The Bertz CT molecular complexity index is 304. The third-order valence-electron chi connectivity index (χ3n) is 1.83. The molecule has 0 bridgehead atoms. The van der Waals surface area contributed by atoms with Crippen molar-refractivity contribution in [2.24, 2.45) is 5.41 Å². The number of halogens is 1. The number of rotatable bonds is 4. The molecule has 0 saturated heterocycles. The Morgan fingerprint density at radius 2 is 2.29 bits per heavy atom. The summed E-state index contributed by atoms with van der Waals surface area (Å²) >= 11 is 3.34. The van der Waals surface area contributed by atoms with Crippen LogP contribution in [0.1, 0.15) is 13.8 Å². The second kappa shape index (κ2) is 4.70. The van der Waals surface area contributed by atoms with Crippen LogP contribution >= 0.6 is 15.9 Å². The number of nitrogens with one attached hydrogen (secondary N) is 1. The zero-order valence-electron chi connectivity index (χ0n) is 8.29. The number of hydrogen-bond donors (Lipinski definition) is 2. The van der Waals surface area contributed by atoms with Crippen LogP contribution in [0, 0.1) is 5.41 Å². The predicted molar refractivity (Wildman–Crippen MR) is 59.1 cm³/mol. The van der Waals surface area contributed by atoms with Crippen LogP contribution in [-0.4, -0.2) is 28.2 Å². The Hall–Kier alpha value is -0.680. The van der Waals surface area contributed by atoms with Crippen molar-refractivity contribution in [3.8, 4) is 0 Å². The molecule has 4 nitrogen and oxygen atoms in total. The van der Waals surface area contributed by atoms with Crippen LogP contribution in [-0.2, 0) is 0 Å². The number of aromatic nitrogens is 2. The average molecular weight is 260 g/mol. The molecule has 2 N–H and O–H groups in total. The van der Waals surface area contributed by atoms with Crippen LogP contribution < -0.4 is 5.32 Å². The third-order valence-corrected chi connectivity index (χ3v) is 2.41. The van der Waals surface area contributed by atoms with Gasteiger partial charge in [-0.3, -0.25) is 0 Å². The van der Waals surface area contributed by atoms with Crippen LogP contribution in [0.3, 0.4) is 0 Å². The maximum atomic E-state index is 9.06. The minimum absolute atomic E-state index is 0.142. The summed E-state index contributed by atoms with van der Waals surface area (Å²) < 4.78 is 0.828. The second-order valence-corrected chi connectivity index (χ2v) is 4.75. The van der Waals surface area contributed by atoms with Gasteiger partial charge < -0.3 is 10.4 Å². The zero-order valence-corrected chi connectivity index (χ0v) is 9.87. The van der Waals surface area contributed by atoms with Crippen molar-refractivity contribution < 1.29 is 5.11 Å². The maximum absolute atomic E-state index is 9.06. The quantitative estimate of drug-likeness (QED) is 0.864. The highest BCUT2D eigenvalue weighted by atomic mass is 79.9. The number of nitrogens with zero attached hydrogens (tertiary/aromatic N) is 2. The first-order chi connectivity index (χ1) is 6.55. The van der Waals surface area contributed by atoms with Crippen molar-refractivity contribution in [3.63, 3.8) is 0 Å². The summed E-state index contributed by atoms with van der Waals surface area (Å²) in [6.45, 7) is 4.77. The molecular weight excluding hydrogens is 246 g/mol. The Labute approximate surface area is 91.9 Å². The summed E-state index contributed by atoms with van der Waals surface area (Å²) in [5.74, 6) is 0.751. The predicted octanol–water partition coefficient (Wildman–Crippen LogP) is 1.67. The summed E-state index contributed by atoms with van der Waals surface area (Å²) in [5, 5.41) is 12.2. The first kappa shape index (κ1) is 11.4. The maximum Gasteiger partial charge on any atom is 0.143 e. The number of hydrogen-bond acceptors (Lipinski definition) is 4. The van der Waals surface area contributed by atoms with Gasteiger partial charge in [-0.2, -0.15) is 0 Å². The average Bonchev–Trinajstić information content (AvgIpc) is 2.17. The highest BCUT2D eigenvalue weighted by molar-refractivity contribution is 9.10. The van der Waals surface area contributed by atoms with E-state index in [0.29, 0.717) is 6.54 Å². The third kappa shape index (κ3) is 3.23. The fourth-order valence-electron chi connectivity index (χ4n) is 0.822. The van der Waals surface area contributed by atoms with Gasteiger partial charge in [0.1, 0.15) is 12.1 Å². The van der Waals surface area contributed by atoms with E-state index in [2.05, 4.69) is 31.2 Å². The molecule has 0 fully saturated rings. The number of aliphatic hydroxyl groups excluding tert-OH is 1. The molecule has 1 aromatic heterocycles. The first-order valence-corrected chi connectivity index (χ1v) is 5.15. The van der Waals surface area contributed by atoms with Crippen molar-refractivity contribution in [1.29, 1.82) is 0 Å². The SMILES string of the molecule is CC(C)(CO)CNc1ncncc1Br. The highest BCUT2D eigenvalue weighted by Crippen LogP contribution is 2.20. The minimum Gasteiger partial charge on any atom is -0.396 e. The molecule has 0 aromatic carbocycles. The van der Waals surface area contributed by atoms with Gasteiger partial charge in [-0.1, -0.05) is 13.8 Å². The fourth-order valence-corrected chi connectivity index (χ4v) is 1.18. The summed E-state index contributed by atoms with van der Waals surface area (Å²) in [7, 11) is 0. The Morgan fingerprint density at radius 3 is 2.86 bits per heavy atom. The van der Waals surface area contributed by atoms with Gasteiger partial charge in [0, 0.05) is 24.8 Å². The summed E-state index contributed by atoms with van der Waals surface area (Å²) in [6, 6.07) is 0. The van der Waals surface area contributed by atoms with Crippen LogP contribution in [0.2, 0.25) is 0 Å². The van der Waals surface area contributed by atoms with Gasteiger partial charge in [0.25, 0.3) is 0 Å². The monoisotopic (exact) mass is 259 g/mol. The molecule has 14 heavy (non-hydrogen) atoms. The Balaban J connectivity index is 2.58. The molecule has 0 aliphatic heterocycles. The lowest BCUT2D eigenvalue weighted by atomic mass is 9.95. The molecule has 1 aromatic rings. The summed E-state index contributed by atoms with van der Waals surface area (Å²) in [6.07, 6.45) is 3.17. The Morgan fingerprint density at radius 1 is 1.57 bits per heavy atom. The van der Waals surface area contributed by atoms with E-state index in [1.54, 1.807) is 6.20 Å². The molecule has 78 valence electrons. The van der Waals surface area contributed by atoms with Crippen molar-refractivity contribution >= 4 is 21.7 Å². The van der Waals surface area contributed by atoms with Crippen LogP contribution in [0.15, 0.2) is 17.0 Å². The molecule has 0 saturated carbocycles. The van der Waals surface area contributed by atoms with E-state index >= 15 is 0 Å². The number of anilines is 1. The van der Waals surface area contributed by atoms with Crippen molar-refractivity contribution in [3.05, 3.63) is 17.0 Å². The Kier molecular flexibility index (Phi) is 3.83. The molecule has 0 atom stereocenters. The van der Waals surface area contributed by atoms with Crippen LogP contribution in [0.4, 0.5) is 5.82 Å². The molecule has 0 aliphatic rings. The van der Waals surface area contributed by atoms with E-state index in [1.807, 2.05) is 13.8 Å². The van der Waals surface area contributed by atoms with E-state index in [-0.39, 0.29) is 12.0 Å². The molecule has 1 heterocycles. The second-order valence-electron chi connectivity index (χ2n) is 3.90. The molecule has 0 unspecified atom stereocenters. The van der Waals surface area contributed by atoms with Crippen molar-refractivity contribution in [2.45, 2.75) is 13.8 Å². The van der Waals surface area contributed by atoms with Gasteiger partial charge in [0.2, 0.25) is 0 Å². The van der Waals surface area contributed by atoms with Gasteiger partial charge in [0.05, 0.1) is 4.47 Å². The molecule has 1 rings (SSSR count). The van der Waals surface area contributed by atoms with Crippen LogP contribution in [0.5, 0.6) is 0 Å². The van der Waals surface area contributed by atoms with E-state index in [9.17, 15) is 0 Å². The topological polar surface area (TPSA) is 58.0 Å². The summed E-state index contributed by atoms with van der Waals surface area (Å²) in [4.78, 5) is 7.93. The largest absolute Gasteiger partial charge is 0.396 e. The van der Waals surface area contributed by atoms with Gasteiger partial charge in [0.15, 0.2) is 0 Å². The zero-order chi connectivity index (χ0) is 10.6. The fraction of sp³-hybridized carbons (Fsp3) is 0.556. The molecule has 5 heteroatoms. The lowest BCUT2D eigenvalue weighted by Crippen LogP contribution is -2.27. The molecule has 0 radical (unpaired) electrons. The van der Waals surface area contributed by atoms with Gasteiger partial charge in [-0.25, -0.2) is 9.97 Å². The van der Waals surface area contributed by atoms with E-state index in [0.717, 1.165) is 10.3 Å². The van der Waals surface area contributed by atoms with E-state index < -0.39 is 0 Å². The normalized spacial score (nSPS) is 11.4. The lowest BCUT2D eigenvalue weighted by Gasteiger charge is -2.22.